The molecule has 0 aliphatic rings. The van der Waals surface area contributed by atoms with Crippen LogP contribution in [0.3, 0.4) is 0 Å². The van der Waals surface area contributed by atoms with Crippen LogP contribution in [0.5, 0.6) is 0 Å². The van der Waals surface area contributed by atoms with Gasteiger partial charge in [-0.15, -0.1) is 0 Å². The molecule has 0 saturated carbocycles. The van der Waals surface area contributed by atoms with E-state index in [1.54, 1.807) is 19.2 Å². The molecule has 0 radical (unpaired) electrons. The van der Waals surface area contributed by atoms with Gasteiger partial charge < -0.3 is 4.74 Å². The molecule has 0 aromatic heterocycles. The molecule has 0 heterocycles. The largest absolute Gasteiger partial charge is 0.383 e. The van der Waals surface area contributed by atoms with Crippen LogP contribution in [0.15, 0.2) is 47.4 Å². The van der Waals surface area contributed by atoms with Gasteiger partial charge in [0.15, 0.2) is 0 Å². The summed E-state index contributed by atoms with van der Waals surface area (Å²) in [5.74, 6) is 0. The first-order chi connectivity index (χ1) is 10.1. The van der Waals surface area contributed by atoms with Crippen molar-refractivity contribution in [3.8, 4) is 0 Å². The Morgan fingerprint density at radius 2 is 1.81 bits per heavy atom. The van der Waals surface area contributed by atoms with Gasteiger partial charge in [0, 0.05) is 30.9 Å². The number of fused-ring (bicyclic) bond motifs is 1. The van der Waals surface area contributed by atoms with E-state index in [0.29, 0.717) is 29.9 Å². The Bertz CT molecular complexity index is 698. The lowest BCUT2D eigenvalue weighted by Gasteiger charge is -2.21. The first-order valence-corrected chi connectivity index (χ1v) is 9.20. The summed E-state index contributed by atoms with van der Waals surface area (Å²) in [6.45, 7) is 1.12. The van der Waals surface area contributed by atoms with Crippen LogP contribution in [-0.2, 0) is 14.8 Å². The molecule has 4 nitrogen and oxygen atoms in total. The molecule has 0 spiro atoms. The first-order valence-electron chi connectivity index (χ1n) is 6.64. The third kappa shape index (κ3) is 3.63. The molecule has 2 rings (SSSR count). The van der Waals surface area contributed by atoms with Crippen LogP contribution in [0.4, 0.5) is 0 Å². The third-order valence-electron chi connectivity index (χ3n) is 3.25. The van der Waals surface area contributed by atoms with Gasteiger partial charge in [-0.25, -0.2) is 8.42 Å². The Hall–Kier alpha value is -0.950. The van der Waals surface area contributed by atoms with Crippen molar-refractivity contribution in [1.82, 2.24) is 4.31 Å². The maximum atomic E-state index is 12.9. The van der Waals surface area contributed by atoms with Crippen molar-refractivity contribution in [2.75, 3.05) is 32.1 Å². The fraction of sp³-hybridized carbons (Fsp3) is 0.333. The summed E-state index contributed by atoms with van der Waals surface area (Å²) in [5.41, 5.74) is 0. The Balaban J connectivity index is 2.49. The topological polar surface area (TPSA) is 46.6 Å². The number of sulfonamides is 1. The molecule has 2 aromatic rings. The van der Waals surface area contributed by atoms with Gasteiger partial charge >= 0.3 is 0 Å². The fourth-order valence-corrected chi connectivity index (χ4v) is 4.50. The maximum absolute atomic E-state index is 12.9. The van der Waals surface area contributed by atoms with E-state index in [4.69, 9.17) is 4.74 Å². The summed E-state index contributed by atoms with van der Waals surface area (Å²) >= 11 is 3.31. The second-order valence-corrected chi connectivity index (χ2v) is 7.26. The quantitative estimate of drug-likeness (QED) is 0.703. The number of hydrogen-bond acceptors (Lipinski definition) is 3. The monoisotopic (exact) mass is 371 g/mol. The van der Waals surface area contributed by atoms with Gasteiger partial charge in [-0.3, -0.25) is 0 Å². The van der Waals surface area contributed by atoms with Crippen LogP contribution in [0.25, 0.3) is 10.8 Å². The van der Waals surface area contributed by atoms with Crippen molar-refractivity contribution in [2.45, 2.75) is 4.90 Å². The zero-order chi connectivity index (χ0) is 15.3. The fourth-order valence-electron chi connectivity index (χ4n) is 2.20. The molecule has 0 bridgehead atoms. The predicted molar refractivity (Wildman–Crippen MR) is 88.4 cm³/mol. The van der Waals surface area contributed by atoms with Gasteiger partial charge in [0.25, 0.3) is 0 Å². The number of alkyl halides is 1. The number of ether oxygens (including phenoxy) is 1. The average molecular weight is 372 g/mol. The van der Waals surface area contributed by atoms with E-state index in [-0.39, 0.29) is 0 Å². The van der Waals surface area contributed by atoms with E-state index in [0.717, 1.165) is 10.8 Å². The molecule has 6 heteroatoms. The highest BCUT2D eigenvalue weighted by Gasteiger charge is 2.25. The normalized spacial score (nSPS) is 12.1. The molecule has 21 heavy (non-hydrogen) atoms. The van der Waals surface area contributed by atoms with Crippen molar-refractivity contribution in [1.29, 1.82) is 0 Å². The van der Waals surface area contributed by atoms with E-state index in [9.17, 15) is 8.42 Å². The van der Waals surface area contributed by atoms with Crippen LogP contribution in [0.2, 0.25) is 0 Å². The van der Waals surface area contributed by atoms with E-state index < -0.39 is 10.0 Å². The Morgan fingerprint density at radius 3 is 2.52 bits per heavy atom. The minimum Gasteiger partial charge on any atom is -0.383 e. The highest BCUT2D eigenvalue weighted by Crippen LogP contribution is 2.25. The number of rotatable bonds is 7. The smallest absolute Gasteiger partial charge is 0.243 e. The van der Waals surface area contributed by atoms with Gasteiger partial charge in [0.1, 0.15) is 0 Å². The molecule has 0 aliphatic carbocycles. The van der Waals surface area contributed by atoms with Crippen LogP contribution >= 0.6 is 15.9 Å². The summed E-state index contributed by atoms with van der Waals surface area (Å²) in [5, 5.41) is 2.25. The van der Waals surface area contributed by atoms with Gasteiger partial charge in [0.2, 0.25) is 10.0 Å². The van der Waals surface area contributed by atoms with Crippen LogP contribution in [-0.4, -0.2) is 44.9 Å². The van der Waals surface area contributed by atoms with Gasteiger partial charge in [-0.05, 0) is 11.5 Å². The molecule has 0 saturated heterocycles. The van der Waals surface area contributed by atoms with Gasteiger partial charge in [-0.2, -0.15) is 4.31 Å². The molecule has 0 unspecified atom stereocenters. The lowest BCUT2D eigenvalue weighted by atomic mass is 10.1. The highest BCUT2D eigenvalue weighted by molar-refractivity contribution is 9.09. The Kier molecular flexibility index (Phi) is 5.75. The predicted octanol–water partition coefficient (Wildman–Crippen LogP) is 2.87. The summed E-state index contributed by atoms with van der Waals surface area (Å²) in [6, 6.07) is 12.9. The molecule has 0 atom stereocenters. The summed E-state index contributed by atoms with van der Waals surface area (Å²) in [6.07, 6.45) is 0. The van der Waals surface area contributed by atoms with Crippen molar-refractivity contribution >= 4 is 36.7 Å². The Labute approximate surface area is 133 Å². The zero-order valence-electron chi connectivity index (χ0n) is 11.8. The minimum absolute atomic E-state index is 0.341. The van der Waals surface area contributed by atoms with E-state index in [1.165, 1.54) is 4.31 Å². The number of nitrogens with zero attached hydrogens (tertiary/aromatic N) is 1. The van der Waals surface area contributed by atoms with Crippen molar-refractivity contribution in [2.24, 2.45) is 0 Å². The molecule has 0 aliphatic heterocycles. The van der Waals surface area contributed by atoms with Crippen molar-refractivity contribution in [3.63, 3.8) is 0 Å². The van der Waals surface area contributed by atoms with Crippen molar-refractivity contribution in [3.05, 3.63) is 42.5 Å². The van der Waals surface area contributed by atoms with E-state index >= 15 is 0 Å². The van der Waals surface area contributed by atoms with Crippen LogP contribution in [0, 0.1) is 0 Å². The lowest BCUT2D eigenvalue weighted by molar-refractivity contribution is 0.181. The van der Waals surface area contributed by atoms with Gasteiger partial charge in [-0.1, -0.05) is 52.3 Å². The summed E-state index contributed by atoms with van der Waals surface area (Å²) in [4.78, 5) is 0.345. The van der Waals surface area contributed by atoms with Gasteiger partial charge in [0.05, 0.1) is 11.5 Å². The van der Waals surface area contributed by atoms with E-state index in [2.05, 4.69) is 15.9 Å². The molecule has 2 aromatic carbocycles. The average Bonchev–Trinajstić information content (AvgIpc) is 2.50. The standard InChI is InChI=1S/C15H18BrNO3S/c1-20-12-11-17(10-9-16)21(18,19)15-8-4-6-13-5-2-3-7-14(13)15/h2-8H,9-12H2,1H3. The highest BCUT2D eigenvalue weighted by atomic mass is 79.9. The van der Waals surface area contributed by atoms with Crippen LogP contribution < -0.4 is 0 Å². The third-order valence-corrected chi connectivity index (χ3v) is 5.56. The zero-order valence-corrected chi connectivity index (χ0v) is 14.2. The molecular weight excluding hydrogens is 354 g/mol. The summed E-state index contributed by atoms with van der Waals surface area (Å²) < 4.78 is 32.3. The van der Waals surface area contributed by atoms with Crippen LogP contribution in [0.1, 0.15) is 0 Å². The minimum atomic E-state index is -3.54. The SMILES string of the molecule is COCCN(CCBr)S(=O)(=O)c1cccc2ccccc12. The summed E-state index contributed by atoms with van der Waals surface area (Å²) in [7, 11) is -1.97. The number of halogens is 1. The molecule has 0 fully saturated rings. The van der Waals surface area contributed by atoms with E-state index in [1.807, 2.05) is 30.3 Å². The Morgan fingerprint density at radius 1 is 1.10 bits per heavy atom. The molecule has 0 amide bonds. The van der Waals surface area contributed by atoms with Crippen molar-refractivity contribution < 1.29 is 13.2 Å². The molecular formula is C15H18BrNO3S. The first kappa shape index (κ1) is 16.4. The molecule has 0 N–H and O–H groups in total. The number of methoxy groups -OCH3 is 1. The second-order valence-electron chi connectivity index (χ2n) is 4.56. The maximum Gasteiger partial charge on any atom is 0.243 e. The lowest BCUT2D eigenvalue weighted by Crippen LogP contribution is -2.35. The molecule has 114 valence electrons. The number of hydrogen-bond donors (Lipinski definition) is 0. The second kappa shape index (κ2) is 7.35. The number of benzene rings is 2.